The fraction of sp³-hybridized carbons (Fsp3) is 0.245. The van der Waals surface area contributed by atoms with Gasteiger partial charge in [0, 0.05) is 84.0 Å². The maximum Gasteiger partial charge on any atom is 0.321 e. The highest BCUT2D eigenvalue weighted by Gasteiger charge is 2.30. The second kappa shape index (κ2) is 18.5. The fourth-order valence-electron chi connectivity index (χ4n) is 9.60. The average Bonchev–Trinajstić information content (AvgIpc) is 4.12. The number of carbonyl (C=O) groups is 2. The summed E-state index contributed by atoms with van der Waals surface area (Å²) in [5.74, 6) is 5.07. The molecule has 2 N–H and O–H groups in total. The number of ether oxygens (including phenoxy) is 4. The van der Waals surface area contributed by atoms with E-state index < -0.39 is 0 Å². The number of urea groups is 2. The molecule has 7 heterocycles. The Morgan fingerprint density at radius 2 is 1.25 bits per heavy atom. The number of likely N-dealkylation sites (tertiary alicyclic amines) is 2. The Bertz CT molecular complexity index is 3170. The van der Waals surface area contributed by atoms with Crippen molar-refractivity contribution < 1.29 is 28.5 Å². The molecule has 0 saturated carbocycles. The first-order chi connectivity index (χ1) is 33.3. The lowest BCUT2D eigenvalue weighted by Gasteiger charge is -2.31. The Labute approximate surface area is 398 Å². The van der Waals surface area contributed by atoms with Gasteiger partial charge in [-0.1, -0.05) is 48.0 Å². The van der Waals surface area contributed by atoms with Crippen LogP contribution in [0.1, 0.15) is 54.7 Å². The minimum atomic E-state index is -0.142. The molecule has 4 amide bonds. The van der Waals surface area contributed by atoms with Gasteiger partial charge < -0.3 is 48.2 Å². The summed E-state index contributed by atoms with van der Waals surface area (Å²) in [5, 5.41) is 6.58. The van der Waals surface area contributed by atoms with Gasteiger partial charge in [0.1, 0.15) is 29.8 Å². The van der Waals surface area contributed by atoms with Crippen LogP contribution < -0.4 is 29.6 Å². The van der Waals surface area contributed by atoms with Crippen molar-refractivity contribution in [3.05, 3.63) is 156 Å². The van der Waals surface area contributed by atoms with Gasteiger partial charge >= 0.3 is 12.1 Å². The first-order valence-corrected chi connectivity index (χ1v) is 23.3. The number of rotatable bonds is 10. The van der Waals surface area contributed by atoms with Crippen LogP contribution in [0.5, 0.6) is 23.0 Å². The molecule has 3 aliphatic rings. The Hall–Kier alpha value is -7.71. The molecule has 15 heteroatoms. The SMILES string of the molecule is COc1cccc(-c2nc(C3CCN(C(=O)Nc4ccc5c(c4)OCO5)CC3)n3ccc(COc4cccc(-c5nc(C6CCN(C(=O)Nc7cccc(Cl)c7)CC6)n6ccccc56)c4)cc23)c1. The second-order valence-corrected chi connectivity index (χ2v) is 17.8. The Kier molecular flexibility index (Phi) is 11.7. The number of nitrogens with one attached hydrogen (secondary N) is 2. The minimum Gasteiger partial charge on any atom is -0.497 e. The number of pyridine rings is 2. The maximum atomic E-state index is 13.3. The molecule has 0 aliphatic carbocycles. The summed E-state index contributed by atoms with van der Waals surface area (Å²) in [7, 11) is 1.67. The molecule has 0 spiro atoms. The van der Waals surface area contributed by atoms with Crippen molar-refractivity contribution in [2.75, 3.05) is 50.7 Å². The third-order valence-electron chi connectivity index (χ3n) is 13.2. The minimum absolute atomic E-state index is 0.126. The standard InChI is InChI=1S/C53H49ClN8O6/c1-65-42-11-4-7-37(28-42)49-45-27-34(16-26-62(45)51(58-49)36-19-24-60(25-20-36)53(64)56-41-14-15-46-47(31-41)68-33-67-46)32-66-43-12-5-8-38(29-43)48-44-13-2-3-21-61(44)50(57-48)35-17-22-59(23-18-35)52(63)55-40-10-6-9-39(54)30-40/h2-16,21,26-31,35-36H,17-20,22-25,32-33H2,1H3,(H,55,63)(H,56,64). The van der Waals surface area contributed by atoms with Crippen LogP contribution in [-0.2, 0) is 6.61 Å². The molecule has 14 nitrogen and oxygen atoms in total. The van der Waals surface area contributed by atoms with Crippen LogP contribution in [0.25, 0.3) is 33.5 Å². The highest BCUT2D eigenvalue weighted by molar-refractivity contribution is 6.30. The third-order valence-corrected chi connectivity index (χ3v) is 13.4. The molecule has 68 heavy (non-hydrogen) atoms. The number of benzene rings is 4. The van der Waals surface area contributed by atoms with Crippen LogP contribution in [0, 0.1) is 0 Å². The molecule has 3 aliphatic heterocycles. The van der Waals surface area contributed by atoms with Gasteiger partial charge in [-0.25, -0.2) is 19.6 Å². The Balaban J connectivity index is 0.791. The number of imidazole rings is 2. The summed E-state index contributed by atoms with van der Waals surface area (Å²) in [4.78, 5) is 40.8. The molecule has 0 atom stereocenters. The van der Waals surface area contributed by atoms with Gasteiger partial charge in [0.25, 0.3) is 0 Å². The Morgan fingerprint density at radius 3 is 1.94 bits per heavy atom. The van der Waals surface area contributed by atoms with Crippen LogP contribution in [0.3, 0.4) is 0 Å². The summed E-state index contributed by atoms with van der Waals surface area (Å²) in [6.07, 6.45) is 7.29. The molecule has 0 bridgehead atoms. The van der Waals surface area contributed by atoms with E-state index in [0.717, 1.165) is 87.9 Å². The van der Waals surface area contributed by atoms with E-state index in [2.05, 4.69) is 68.2 Å². The van der Waals surface area contributed by atoms with Gasteiger partial charge in [-0.2, -0.15) is 0 Å². The number of anilines is 2. The molecule has 4 aromatic carbocycles. The lowest BCUT2D eigenvalue weighted by atomic mass is 9.96. The largest absolute Gasteiger partial charge is 0.497 e. The van der Waals surface area contributed by atoms with Crippen molar-refractivity contribution in [1.82, 2.24) is 28.6 Å². The second-order valence-electron chi connectivity index (χ2n) is 17.4. The topological polar surface area (TPSA) is 136 Å². The summed E-state index contributed by atoms with van der Waals surface area (Å²) in [6, 6.07) is 38.9. The Morgan fingerprint density at radius 1 is 0.632 bits per heavy atom. The predicted octanol–water partition coefficient (Wildman–Crippen LogP) is 11.1. The van der Waals surface area contributed by atoms with Crippen molar-refractivity contribution in [3.63, 3.8) is 0 Å². The lowest BCUT2D eigenvalue weighted by Crippen LogP contribution is -2.40. The van der Waals surface area contributed by atoms with E-state index in [1.807, 2.05) is 76.5 Å². The van der Waals surface area contributed by atoms with E-state index in [9.17, 15) is 9.59 Å². The van der Waals surface area contributed by atoms with Gasteiger partial charge in [0.05, 0.1) is 29.5 Å². The van der Waals surface area contributed by atoms with Crippen molar-refractivity contribution >= 4 is 46.1 Å². The molecule has 0 radical (unpaired) electrons. The van der Waals surface area contributed by atoms with Crippen molar-refractivity contribution in [3.8, 4) is 45.5 Å². The van der Waals surface area contributed by atoms with Crippen molar-refractivity contribution in [2.24, 2.45) is 0 Å². The number of fused-ring (bicyclic) bond motifs is 3. The van der Waals surface area contributed by atoms with Crippen molar-refractivity contribution in [1.29, 1.82) is 0 Å². The smallest absolute Gasteiger partial charge is 0.321 e. The van der Waals surface area contributed by atoms with Gasteiger partial charge in [-0.05, 0) is 110 Å². The molecule has 8 aromatic rings. The van der Waals surface area contributed by atoms with Crippen LogP contribution in [0.15, 0.2) is 134 Å². The fourth-order valence-corrected chi connectivity index (χ4v) is 9.79. The molecule has 11 rings (SSSR count). The number of piperidine rings is 2. The number of nitrogens with zero attached hydrogens (tertiary/aromatic N) is 6. The lowest BCUT2D eigenvalue weighted by molar-refractivity contribution is 0.174. The number of halogens is 1. The predicted molar refractivity (Wildman–Crippen MR) is 261 cm³/mol. The zero-order chi connectivity index (χ0) is 46.1. The molecule has 4 aromatic heterocycles. The van der Waals surface area contributed by atoms with E-state index in [1.165, 1.54) is 0 Å². The molecule has 2 saturated heterocycles. The van der Waals surface area contributed by atoms with Gasteiger partial charge in [-0.3, -0.25) is 0 Å². The number of hydrogen-bond donors (Lipinski definition) is 2. The van der Waals surface area contributed by atoms with Crippen LogP contribution in [0.2, 0.25) is 5.02 Å². The van der Waals surface area contributed by atoms with E-state index in [4.69, 9.17) is 40.5 Å². The summed E-state index contributed by atoms with van der Waals surface area (Å²) in [6.45, 7) is 2.95. The van der Waals surface area contributed by atoms with Crippen LogP contribution in [0.4, 0.5) is 21.0 Å². The van der Waals surface area contributed by atoms with Crippen LogP contribution in [-0.4, -0.2) is 80.7 Å². The zero-order valence-electron chi connectivity index (χ0n) is 37.4. The summed E-state index contributed by atoms with van der Waals surface area (Å²) >= 11 is 6.14. The highest BCUT2D eigenvalue weighted by Crippen LogP contribution is 2.38. The summed E-state index contributed by atoms with van der Waals surface area (Å²) < 4.78 is 27.4. The number of amides is 4. The van der Waals surface area contributed by atoms with Gasteiger partial charge in [-0.15, -0.1) is 0 Å². The molecule has 0 unspecified atom stereocenters. The van der Waals surface area contributed by atoms with E-state index in [1.54, 1.807) is 25.3 Å². The summed E-state index contributed by atoms with van der Waals surface area (Å²) in [5.41, 5.74) is 7.99. The highest BCUT2D eigenvalue weighted by atomic mass is 35.5. The third kappa shape index (κ3) is 8.70. The molecule has 344 valence electrons. The number of methoxy groups -OCH3 is 1. The van der Waals surface area contributed by atoms with Crippen LogP contribution >= 0.6 is 11.6 Å². The average molecular weight is 929 g/mol. The van der Waals surface area contributed by atoms with Gasteiger partial charge in [0.2, 0.25) is 6.79 Å². The molecular weight excluding hydrogens is 880 g/mol. The quantitative estimate of drug-likeness (QED) is 0.138. The van der Waals surface area contributed by atoms with E-state index >= 15 is 0 Å². The maximum absolute atomic E-state index is 13.3. The van der Waals surface area contributed by atoms with Crippen molar-refractivity contribution in [2.45, 2.75) is 44.1 Å². The number of carbonyl (C=O) groups excluding carboxylic acids is 2. The monoisotopic (exact) mass is 928 g/mol. The molecule has 2 fully saturated rings. The van der Waals surface area contributed by atoms with E-state index in [-0.39, 0.29) is 30.7 Å². The van der Waals surface area contributed by atoms with E-state index in [0.29, 0.717) is 60.7 Å². The molecular formula is C53H49ClN8O6. The number of aromatic nitrogens is 4. The first kappa shape index (κ1) is 42.9. The normalized spacial score (nSPS) is 15.2. The van der Waals surface area contributed by atoms with Gasteiger partial charge in [0.15, 0.2) is 11.5 Å². The first-order valence-electron chi connectivity index (χ1n) is 23.0. The zero-order valence-corrected chi connectivity index (χ0v) is 38.2. The number of hydrogen-bond acceptors (Lipinski definition) is 8.